The second-order valence-electron chi connectivity index (χ2n) is 4.12. The molecule has 0 aliphatic rings. The summed E-state index contributed by atoms with van der Waals surface area (Å²) in [4.78, 5) is 0. The van der Waals surface area contributed by atoms with Gasteiger partial charge in [0.1, 0.15) is 0 Å². The minimum atomic E-state index is 0.663. The van der Waals surface area contributed by atoms with Crippen molar-refractivity contribution in [2.24, 2.45) is 0 Å². The molecule has 0 aromatic heterocycles. The van der Waals surface area contributed by atoms with Crippen LogP contribution in [0.5, 0.6) is 0 Å². The van der Waals surface area contributed by atoms with Gasteiger partial charge >= 0.3 is 0 Å². The normalized spacial score (nSPS) is 15.4. The topological polar surface area (TPSA) is 12.0 Å². The Hall–Kier alpha value is 0.310. The molecule has 0 spiro atoms. The molecule has 0 radical (unpaired) electrons. The summed E-state index contributed by atoms with van der Waals surface area (Å²) in [5.41, 5.74) is 0. The molecule has 0 heterocycles. The van der Waals surface area contributed by atoms with Crippen molar-refractivity contribution in [2.75, 3.05) is 11.5 Å². The summed E-state index contributed by atoms with van der Waals surface area (Å²) in [5.74, 6) is 2.48. The van der Waals surface area contributed by atoms with Gasteiger partial charge in [-0.25, -0.2) is 0 Å². The maximum atomic E-state index is 3.65. The highest BCUT2D eigenvalue weighted by molar-refractivity contribution is 7.99. The van der Waals surface area contributed by atoms with E-state index in [9.17, 15) is 0 Å². The highest BCUT2D eigenvalue weighted by Crippen LogP contribution is 2.06. The van der Waals surface area contributed by atoms with Gasteiger partial charge < -0.3 is 5.32 Å². The Bertz CT molecular complexity index is 117. The molecule has 0 aliphatic carbocycles. The average molecular weight is 217 g/mol. The molecular formula is C12H27NS. The first-order chi connectivity index (χ1) is 6.70. The van der Waals surface area contributed by atoms with E-state index < -0.39 is 0 Å². The van der Waals surface area contributed by atoms with Crippen LogP contribution in [0.1, 0.15) is 53.4 Å². The summed E-state index contributed by atoms with van der Waals surface area (Å²) in [6.07, 6.45) is 5.41. The molecule has 0 aromatic carbocycles. The Morgan fingerprint density at radius 3 is 2.36 bits per heavy atom. The van der Waals surface area contributed by atoms with E-state index in [-0.39, 0.29) is 0 Å². The van der Waals surface area contributed by atoms with Crippen LogP contribution in [-0.4, -0.2) is 23.6 Å². The highest BCUT2D eigenvalue weighted by atomic mass is 32.2. The quantitative estimate of drug-likeness (QED) is 0.591. The van der Waals surface area contributed by atoms with Gasteiger partial charge in [-0.2, -0.15) is 11.8 Å². The zero-order valence-electron chi connectivity index (χ0n) is 10.3. The second kappa shape index (κ2) is 9.85. The first-order valence-electron chi connectivity index (χ1n) is 6.04. The lowest BCUT2D eigenvalue weighted by atomic mass is 10.1. The standard InChI is InChI=1S/C12H27NS/c1-5-7-8-9-11(3)13-12(4)10-14-6-2/h11-13H,5-10H2,1-4H3. The molecule has 0 rings (SSSR count). The lowest BCUT2D eigenvalue weighted by Gasteiger charge is -2.19. The third-order valence-corrected chi connectivity index (χ3v) is 3.53. The third kappa shape index (κ3) is 8.89. The fraction of sp³-hybridized carbons (Fsp3) is 1.00. The van der Waals surface area contributed by atoms with Crippen molar-refractivity contribution in [1.29, 1.82) is 0 Å². The molecule has 1 nitrogen and oxygen atoms in total. The fourth-order valence-electron chi connectivity index (χ4n) is 1.61. The number of thioether (sulfide) groups is 1. The molecule has 86 valence electrons. The van der Waals surface area contributed by atoms with E-state index in [2.05, 4.69) is 33.0 Å². The predicted octanol–water partition coefficient (Wildman–Crippen LogP) is 3.69. The van der Waals surface area contributed by atoms with Crippen molar-refractivity contribution in [2.45, 2.75) is 65.5 Å². The number of unbranched alkanes of at least 4 members (excludes halogenated alkanes) is 2. The Morgan fingerprint density at radius 2 is 1.79 bits per heavy atom. The predicted molar refractivity (Wildman–Crippen MR) is 69.2 cm³/mol. The van der Waals surface area contributed by atoms with Crippen LogP contribution in [0.3, 0.4) is 0 Å². The Labute approximate surface area is 94.4 Å². The molecule has 0 fully saturated rings. The molecule has 2 atom stereocenters. The first-order valence-corrected chi connectivity index (χ1v) is 7.19. The lowest BCUT2D eigenvalue weighted by molar-refractivity contribution is 0.451. The van der Waals surface area contributed by atoms with Crippen molar-refractivity contribution >= 4 is 11.8 Å². The maximum Gasteiger partial charge on any atom is 0.0132 e. The minimum absolute atomic E-state index is 0.663. The van der Waals surface area contributed by atoms with Crippen molar-refractivity contribution in [3.05, 3.63) is 0 Å². The van der Waals surface area contributed by atoms with Crippen LogP contribution in [0.25, 0.3) is 0 Å². The summed E-state index contributed by atoms with van der Waals surface area (Å²) in [6, 6.07) is 1.35. The molecule has 0 saturated heterocycles. The van der Waals surface area contributed by atoms with Crippen molar-refractivity contribution in [3.63, 3.8) is 0 Å². The van der Waals surface area contributed by atoms with E-state index >= 15 is 0 Å². The molecule has 0 aliphatic heterocycles. The fourth-order valence-corrected chi connectivity index (χ4v) is 2.30. The first kappa shape index (κ1) is 14.3. The van der Waals surface area contributed by atoms with Gasteiger partial charge in [0.25, 0.3) is 0 Å². The number of nitrogens with one attached hydrogen (secondary N) is 1. The van der Waals surface area contributed by atoms with Crippen LogP contribution >= 0.6 is 11.8 Å². The van der Waals surface area contributed by atoms with Crippen LogP contribution in [0, 0.1) is 0 Å². The van der Waals surface area contributed by atoms with Crippen molar-refractivity contribution in [3.8, 4) is 0 Å². The van der Waals surface area contributed by atoms with E-state index in [1.165, 1.54) is 37.2 Å². The van der Waals surface area contributed by atoms with E-state index in [0.29, 0.717) is 12.1 Å². The second-order valence-corrected chi connectivity index (χ2v) is 5.44. The van der Waals surface area contributed by atoms with E-state index in [1.807, 2.05) is 11.8 Å². The summed E-state index contributed by atoms with van der Waals surface area (Å²) in [6.45, 7) is 9.09. The Kier molecular flexibility index (Phi) is 10.1. The van der Waals surface area contributed by atoms with Crippen LogP contribution < -0.4 is 5.32 Å². The van der Waals surface area contributed by atoms with E-state index in [1.54, 1.807) is 0 Å². The van der Waals surface area contributed by atoms with Crippen molar-refractivity contribution < 1.29 is 0 Å². The van der Waals surface area contributed by atoms with Crippen LogP contribution in [0.4, 0.5) is 0 Å². The van der Waals surface area contributed by atoms with Gasteiger partial charge in [-0.15, -0.1) is 0 Å². The van der Waals surface area contributed by atoms with Gasteiger partial charge in [-0.1, -0.05) is 33.1 Å². The average Bonchev–Trinajstić information content (AvgIpc) is 2.15. The van der Waals surface area contributed by atoms with Gasteiger partial charge in [0, 0.05) is 17.8 Å². The van der Waals surface area contributed by atoms with Crippen molar-refractivity contribution in [1.82, 2.24) is 5.32 Å². The molecule has 0 aromatic rings. The SMILES string of the molecule is CCCCCC(C)NC(C)CSCC. The summed E-state index contributed by atoms with van der Waals surface area (Å²) >= 11 is 2.02. The summed E-state index contributed by atoms with van der Waals surface area (Å²) < 4.78 is 0. The Balaban J connectivity index is 3.35. The highest BCUT2D eigenvalue weighted by Gasteiger charge is 2.06. The van der Waals surface area contributed by atoms with Crippen LogP contribution in [0.15, 0.2) is 0 Å². The zero-order valence-corrected chi connectivity index (χ0v) is 11.1. The minimum Gasteiger partial charge on any atom is -0.311 e. The van der Waals surface area contributed by atoms with Crippen LogP contribution in [0.2, 0.25) is 0 Å². The van der Waals surface area contributed by atoms with Gasteiger partial charge in [0.2, 0.25) is 0 Å². The smallest absolute Gasteiger partial charge is 0.0132 e. The van der Waals surface area contributed by atoms with E-state index in [4.69, 9.17) is 0 Å². The Morgan fingerprint density at radius 1 is 1.07 bits per heavy atom. The molecule has 1 N–H and O–H groups in total. The molecule has 0 saturated carbocycles. The molecular weight excluding hydrogens is 190 g/mol. The van der Waals surface area contributed by atoms with Gasteiger partial charge in [-0.05, 0) is 26.0 Å². The molecule has 2 unspecified atom stereocenters. The lowest BCUT2D eigenvalue weighted by Crippen LogP contribution is -2.36. The van der Waals surface area contributed by atoms with E-state index in [0.717, 1.165) is 0 Å². The van der Waals surface area contributed by atoms with Gasteiger partial charge in [0.15, 0.2) is 0 Å². The largest absolute Gasteiger partial charge is 0.311 e. The molecule has 14 heavy (non-hydrogen) atoms. The zero-order chi connectivity index (χ0) is 10.8. The number of rotatable bonds is 9. The van der Waals surface area contributed by atoms with Crippen LogP contribution in [-0.2, 0) is 0 Å². The number of hydrogen-bond donors (Lipinski definition) is 1. The maximum absolute atomic E-state index is 3.65. The van der Waals surface area contributed by atoms with Gasteiger partial charge in [0.05, 0.1) is 0 Å². The summed E-state index contributed by atoms with van der Waals surface area (Å²) in [5, 5.41) is 3.65. The molecule has 0 amide bonds. The third-order valence-electron chi connectivity index (χ3n) is 2.38. The summed E-state index contributed by atoms with van der Waals surface area (Å²) in [7, 11) is 0. The number of hydrogen-bond acceptors (Lipinski definition) is 2. The molecule has 0 bridgehead atoms. The molecule has 2 heteroatoms. The monoisotopic (exact) mass is 217 g/mol. The van der Waals surface area contributed by atoms with Gasteiger partial charge in [-0.3, -0.25) is 0 Å².